The van der Waals surface area contributed by atoms with Crippen molar-refractivity contribution >= 4 is 23.1 Å². The number of fused-ring (bicyclic) bond motifs is 3. The smallest absolute Gasteiger partial charge is 0.225 e. The topological polar surface area (TPSA) is 54.9 Å². The molecule has 4 rings (SSSR count). The number of nitrogens with zero attached hydrogens (tertiary/aromatic N) is 2. The number of aryl methyl sites for hydroxylation is 2. The molecule has 1 aromatic carbocycles. The van der Waals surface area contributed by atoms with E-state index in [0.717, 1.165) is 33.8 Å². The molecule has 0 fully saturated rings. The molecule has 0 aliphatic heterocycles. The Bertz CT molecular complexity index is 1020. The number of carbonyl (C=O) groups excluding carboxylic acids is 1. The largest absolute Gasteiger partial charge is 0.309 e. The number of amides is 1. The monoisotopic (exact) mass is 395 g/mol. The van der Waals surface area contributed by atoms with Crippen molar-refractivity contribution in [2.45, 2.75) is 39.5 Å². The van der Waals surface area contributed by atoms with Crippen LogP contribution in [-0.4, -0.2) is 15.9 Å². The van der Waals surface area contributed by atoms with E-state index in [1.165, 1.54) is 6.07 Å². The lowest BCUT2D eigenvalue weighted by atomic mass is 9.91. The molecule has 6 heteroatoms. The van der Waals surface area contributed by atoms with Crippen LogP contribution < -0.4 is 5.32 Å². The molecule has 2 heterocycles. The molecule has 1 aliphatic carbocycles. The fraction of sp³-hybridized carbons (Fsp3) is 0.318. The van der Waals surface area contributed by atoms with E-state index in [9.17, 15) is 9.18 Å². The zero-order chi connectivity index (χ0) is 19.7. The van der Waals surface area contributed by atoms with E-state index in [2.05, 4.69) is 19.2 Å². The van der Waals surface area contributed by atoms with Gasteiger partial charge in [-0.15, -0.1) is 11.3 Å². The summed E-state index contributed by atoms with van der Waals surface area (Å²) < 4.78 is 13.6. The molecule has 0 bridgehead atoms. The lowest BCUT2D eigenvalue weighted by Gasteiger charge is -2.21. The molecule has 1 atom stereocenters. The van der Waals surface area contributed by atoms with Gasteiger partial charge in [0.25, 0.3) is 0 Å². The number of aromatic nitrogens is 2. The van der Waals surface area contributed by atoms with E-state index in [1.807, 2.05) is 17.5 Å². The van der Waals surface area contributed by atoms with Crippen molar-refractivity contribution in [3.63, 3.8) is 0 Å². The quantitative estimate of drug-likeness (QED) is 0.622. The lowest BCUT2D eigenvalue weighted by molar-refractivity contribution is -0.117. The van der Waals surface area contributed by atoms with Crippen molar-refractivity contribution in [1.82, 2.24) is 9.97 Å². The standard InChI is InChI=1S/C22H22FN3OS/c1-3-13(2)11-19(27)25-22-21(18-5-4-10-28-18)26-20-16-8-7-15(23)12-14(16)6-9-17(20)24-22/h4-5,7-8,10,12-13H,3,6,9,11H2,1-2H3,(H,24,25,27). The molecule has 0 spiro atoms. The molecule has 0 saturated heterocycles. The van der Waals surface area contributed by atoms with Crippen molar-refractivity contribution in [2.24, 2.45) is 5.92 Å². The number of anilines is 1. The highest BCUT2D eigenvalue weighted by molar-refractivity contribution is 7.13. The number of halogens is 1. The molecule has 3 aromatic rings. The van der Waals surface area contributed by atoms with Gasteiger partial charge in [0.1, 0.15) is 11.5 Å². The second kappa shape index (κ2) is 7.80. The minimum Gasteiger partial charge on any atom is -0.309 e. The van der Waals surface area contributed by atoms with E-state index in [0.29, 0.717) is 36.7 Å². The first-order valence-electron chi connectivity index (χ1n) is 9.58. The summed E-state index contributed by atoms with van der Waals surface area (Å²) in [6, 6.07) is 8.74. The van der Waals surface area contributed by atoms with Gasteiger partial charge in [-0.1, -0.05) is 26.3 Å². The van der Waals surface area contributed by atoms with Crippen LogP contribution in [-0.2, 0) is 17.6 Å². The Balaban J connectivity index is 1.77. The van der Waals surface area contributed by atoms with Crippen molar-refractivity contribution < 1.29 is 9.18 Å². The highest BCUT2D eigenvalue weighted by Crippen LogP contribution is 2.37. The summed E-state index contributed by atoms with van der Waals surface area (Å²) in [6.07, 6.45) is 2.81. The van der Waals surface area contributed by atoms with E-state index in [1.54, 1.807) is 23.5 Å². The van der Waals surface area contributed by atoms with Crippen LogP contribution in [0.15, 0.2) is 35.7 Å². The molecule has 4 nitrogen and oxygen atoms in total. The Labute approximate surface area is 167 Å². The number of hydrogen-bond donors (Lipinski definition) is 1. The Morgan fingerprint density at radius 3 is 2.86 bits per heavy atom. The Kier molecular flexibility index (Phi) is 5.22. The van der Waals surface area contributed by atoms with Crippen LogP contribution in [0.5, 0.6) is 0 Å². The van der Waals surface area contributed by atoms with Gasteiger partial charge in [-0.3, -0.25) is 4.79 Å². The summed E-state index contributed by atoms with van der Waals surface area (Å²) in [6.45, 7) is 4.14. The van der Waals surface area contributed by atoms with Crippen molar-refractivity contribution in [1.29, 1.82) is 0 Å². The van der Waals surface area contributed by atoms with Crippen LogP contribution in [0.1, 0.15) is 37.9 Å². The predicted molar refractivity (Wildman–Crippen MR) is 111 cm³/mol. The van der Waals surface area contributed by atoms with Gasteiger partial charge in [0.05, 0.1) is 16.3 Å². The predicted octanol–water partition coefficient (Wildman–Crippen LogP) is 5.48. The van der Waals surface area contributed by atoms with Crippen molar-refractivity contribution in [2.75, 3.05) is 5.32 Å². The number of carbonyl (C=O) groups is 1. The van der Waals surface area contributed by atoms with Gasteiger partial charge in [-0.2, -0.15) is 0 Å². The molecule has 1 aliphatic rings. The number of rotatable bonds is 5. The highest BCUT2D eigenvalue weighted by atomic mass is 32.1. The van der Waals surface area contributed by atoms with E-state index in [-0.39, 0.29) is 11.7 Å². The maximum absolute atomic E-state index is 13.6. The Morgan fingerprint density at radius 2 is 2.11 bits per heavy atom. The number of thiophene rings is 1. The van der Waals surface area contributed by atoms with Gasteiger partial charge in [-0.05, 0) is 54.0 Å². The molecular weight excluding hydrogens is 373 g/mol. The van der Waals surface area contributed by atoms with Gasteiger partial charge >= 0.3 is 0 Å². The summed E-state index contributed by atoms with van der Waals surface area (Å²) in [5, 5.41) is 4.96. The lowest BCUT2D eigenvalue weighted by Crippen LogP contribution is -2.18. The normalized spacial score (nSPS) is 13.5. The van der Waals surface area contributed by atoms with Crippen LogP contribution in [0.2, 0.25) is 0 Å². The van der Waals surface area contributed by atoms with Crippen LogP contribution in [0.4, 0.5) is 10.2 Å². The van der Waals surface area contributed by atoms with Crippen LogP contribution in [0.25, 0.3) is 21.8 Å². The third kappa shape index (κ3) is 3.69. The first kappa shape index (κ1) is 18.7. The molecule has 2 aromatic heterocycles. The zero-order valence-corrected chi connectivity index (χ0v) is 16.8. The Morgan fingerprint density at radius 1 is 1.25 bits per heavy atom. The maximum Gasteiger partial charge on any atom is 0.225 e. The second-order valence-corrected chi connectivity index (χ2v) is 8.21. The van der Waals surface area contributed by atoms with Gasteiger partial charge in [0.2, 0.25) is 5.91 Å². The molecule has 28 heavy (non-hydrogen) atoms. The summed E-state index contributed by atoms with van der Waals surface area (Å²) in [5.41, 5.74) is 4.17. The van der Waals surface area contributed by atoms with Gasteiger partial charge < -0.3 is 5.32 Å². The maximum atomic E-state index is 13.6. The van der Waals surface area contributed by atoms with E-state index < -0.39 is 0 Å². The summed E-state index contributed by atoms with van der Waals surface area (Å²) in [7, 11) is 0. The van der Waals surface area contributed by atoms with Gasteiger partial charge in [0.15, 0.2) is 5.82 Å². The first-order valence-corrected chi connectivity index (χ1v) is 10.5. The molecule has 1 amide bonds. The van der Waals surface area contributed by atoms with E-state index >= 15 is 0 Å². The van der Waals surface area contributed by atoms with Crippen molar-refractivity contribution in [3.05, 3.63) is 52.8 Å². The fourth-order valence-corrected chi connectivity index (χ4v) is 4.14. The summed E-state index contributed by atoms with van der Waals surface area (Å²) >= 11 is 1.56. The zero-order valence-electron chi connectivity index (χ0n) is 16.0. The molecule has 1 N–H and O–H groups in total. The third-order valence-corrected chi connectivity index (χ3v) is 6.04. The number of nitrogens with one attached hydrogen (secondary N) is 1. The summed E-state index contributed by atoms with van der Waals surface area (Å²) in [5.74, 6) is 0.555. The van der Waals surface area contributed by atoms with Gasteiger partial charge in [0, 0.05) is 12.0 Å². The number of benzene rings is 1. The fourth-order valence-electron chi connectivity index (χ4n) is 3.43. The minimum absolute atomic E-state index is 0.0420. The second-order valence-electron chi connectivity index (χ2n) is 7.26. The molecule has 0 radical (unpaired) electrons. The van der Waals surface area contributed by atoms with Crippen molar-refractivity contribution in [3.8, 4) is 21.8 Å². The van der Waals surface area contributed by atoms with Crippen LogP contribution >= 0.6 is 11.3 Å². The van der Waals surface area contributed by atoms with Crippen LogP contribution in [0.3, 0.4) is 0 Å². The Hall–Kier alpha value is -2.60. The SMILES string of the molecule is CCC(C)CC(=O)Nc1nc2c(nc1-c1cccs1)-c1ccc(F)cc1CC2. The molecule has 1 unspecified atom stereocenters. The summed E-state index contributed by atoms with van der Waals surface area (Å²) in [4.78, 5) is 23.1. The molecular formula is C22H22FN3OS. The van der Waals surface area contributed by atoms with Crippen LogP contribution in [0, 0.1) is 11.7 Å². The molecule has 0 saturated carbocycles. The minimum atomic E-state index is -0.234. The average molecular weight is 396 g/mol. The number of hydrogen-bond acceptors (Lipinski definition) is 4. The van der Waals surface area contributed by atoms with Gasteiger partial charge in [-0.25, -0.2) is 14.4 Å². The van der Waals surface area contributed by atoms with E-state index in [4.69, 9.17) is 9.97 Å². The average Bonchev–Trinajstić information content (AvgIpc) is 3.21. The third-order valence-electron chi connectivity index (χ3n) is 5.16. The molecule has 144 valence electrons. The highest BCUT2D eigenvalue weighted by Gasteiger charge is 2.24. The first-order chi connectivity index (χ1) is 13.5.